The minimum atomic E-state index is -0.750. The van der Waals surface area contributed by atoms with Crippen molar-refractivity contribution in [2.45, 2.75) is 15.4 Å². The smallest absolute Gasteiger partial charge is 0.180 e. The molecular formula is C39H37Cl3I2N2. The Morgan fingerprint density at radius 1 is 0.304 bits per heavy atom. The van der Waals surface area contributed by atoms with Gasteiger partial charge < -0.3 is 59.4 Å². The third kappa shape index (κ3) is 10.3. The maximum absolute atomic E-state index is 4.81. The van der Waals surface area contributed by atoms with E-state index in [1.54, 1.807) is 0 Å². The molecule has 0 bridgehead atoms. The number of hydrogen-bond acceptors (Lipinski definition) is 0. The molecule has 7 heteroatoms. The molecule has 0 heterocycles. The molecule has 238 valence electrons. The van der Waals surface area contributed by atoms with E-state index >= 15 is 0 Å². The molecule has 0 fully saturated rings. The number of hydrogen-bond donors (Lipinski definition) is 2. The first-order valence-corrected chi connectivity index (χ1v) is 15.6. The summed E-state index contributed by atoms with van der Waals surface area (Å²) in [6, 6.07) is 62.8. The van der Waals surface area contributed by atoms with E-state index in [-0.39, 0.29) is 59.0 Å². The highest BCUT2D eigenvalue weighted by molar-refractivity contribution is 6.63. The second-order valence-electron chi connectivity index (χ2n) is 10.3. The average molecular weight is 894 g/mol. The lowest BCUT2D eigenvalue weighted by Gasteiger charge is -2.27. The monoisotopic (exact) mass is 892 g/mol. The summed E-state index contributed by atoms with van der Waals surface area (Å²) in [5.74, 6) is 0. The molecule has 0 aliphatic carbocycles. The number of rotatable bonds is 6. The van der Waals surface area contributed by atoms with Crippen molar-refractivity contribution in [1.29, 1.82) is 0 Å². The van der Waals surface area contributed by atoms with E-state index in [9.17, 15) is 0 Å². The molecule has 0 atom stereocenters. The van der Waals surface area contributed by atoms with Crippen LogP contribution in [0.1, 0.15) is 33.4 Å². The van der Waals surface area contributed by atoms with Crippen LogP contribution in [0, 0.1) is 0 Å². The Balaban J connectivity index is 0.000000276. The standard InChI is InChI=1S/2C19H17N.CHCl3.2HI/c2*20-19(16-10-4-1-5-11-16,17-12-6-2-7-13-17)18-14-8-3-9-15-18;2-1(3)4;;/h2*1-15H,20H2;1H;2*1H. The minimum Gasteiger partial charge on any atom is -1.00 e. The van der Waals surface area contributed by atoms with Gasteiger partial charge in [-0.15, -0.1) is 0 Å². The Bertz CT molecular complexity index is 1320. The van der Waals surface area contributed by atoms with Gasteiger partial charge in [0, 0.05) is 33.4 Å². The van der Waals surface area contributed by atoms with Crippen molar-refractivity contribution in [2.75, 3.05) is 0 Å². The topological polar surface area (TPSA) is 55.3 Å². The van der Waals surface area contributed by atoms with Gasteiger partial charge in [0.15, 0.2) is 15.4 Å². The Hall–Kier alpha value is -2.43. The van der Waals surface area contributed by atoms with E-state index < -0.39 is 4.30 Å². The predicted octanol–water partition coefficient (Wildman–Crippen LogP) is 2.44. The molecule has 0 saturated carbocycles. The lowest BCUT2D eigenvalue weighted by atomic mass is 9.78. The van der Waals surface area contributed by atoms with Crippen LogP contribution < -0.4 is 59.4 Å². The van der Waals surface area contributed by atoms with Crippen molar-refractivity contribution < 1.29 is 59.4 Å². The lowest BCUT2D eigenvalue weighted by Crippen LogP contribution is -3.00. The summed E-state index contributed by atoms with van der Waals surface area (Å²) in [7, 11) is 0. The molecule has 0 aliphatic rings. The lowest BCUT2D eigenvalue weighted by molar-refractivity contribution is -0.455. The normalized spacial score (nSPS) is 10.6. The number of halogens is 5. The van der Waals surface area contributed by atoms with Crippen molar-refractivity contribution in [2.24, 2.45) is 0 Å². The van der Waals surface area contributed by atoms with E-state index in [4.69, 9.17) is 34.8 Å². The summed E-state index contributed by atoms with van der Waals surface area (Å²) >= 11 is 14.4. The van der Waals surface area contributed by atoms with Crippen molar-refractivity contribution in [1.82, 2.24) is 0 Å². The van der Waals surface area contributed by atoms with E-state index in [2.05, 4.69) is 157 Å². The number of benzene rings is 6. The highest BCUT2D eigenvalue weighted by Crippen LogP contribution is 2.33. The van der Waals surface area contributed by atoms with E-state index in [0.29, 0.717) is 0 Å². The van der Waals surface area contributed by atoms with Crippen LogP contribution in [0.3, 0.4) is 0 Å². The van der Waals surface area contributed by atoms with Crippen LogP contribution in [0.15, 0.2) is 182 Å². The summed E-state index contributed by atoms with van der Waals surface area (Å²) in [5, 5.41) is 0. The molecule has 6 N–H and O–H groups in total. The molecule has 0 saturated heterocycles. The second-order valence-corrected chi connectivity index (χ2v) is 12.2. The number of alkyl halides is 3. The third-order valence-electron chi connectivity index (χ3n) is 7.60. The molecular weight excluding hydrogens is 857 g/mol. The zero-order valence-corrected chi connectivity index (χ0v) is 31.8. The van der Waals surface area contributed by atoms with Crippen molar-refractivity contribution in [3.8, 4) is 0 Å². The van der Waals surface area contributed by atoms with Crippen molar-refractivity contribution >= 4 is 34.8 Å². The van der Waals surface area contributed by atoms with Gasteiger partial charge in [0.2, 0.25) is 0 Å². The van der Waals surface area contributed by atoms with Gasteiger partial charge in [-0.25, -0.2) is 0 Å². The Kier molecular flexibility index (Phi) is 17.3. The highest BCUT2D eigenvalue weighted by atomic mass is 127. The molecule has 6 rings (SSSR count). The summed E-state index contributed by atoms with van der Waals surface area (Å²) in [4.78, 5) is 0. The molecule has 0 aromatic heterocycles. The van der Waals surface area contributed by atoms with Gasteiger partial charge in [-0.05, 0) is 0 Å². The Morgan fingerprint density at radius 2 is 0.413 bits per heavy atom. The Morgan fingerprint density at radius 3 is 0.522 bits per heavy atom. The highest BCUT2D eigenvalue weighted by Gasteiger charge is 2.36. The second kappa shape index (κ2) is 20.1. The quantitative estimate of drug-likeness (QED) is 0.147. The fourth-order valence-corrected chi connectivity index (χ4v) is 5.34. The van der Waals surface area contributed by atoms with Crippen LogP contribution in [-0.2, 0) is 11.1 Å². The minimum absolute atomic E-state index is 0. The van der Waals surface area contributed by atoms with Gasteiger partial charge in [0.25, 0.3) is 0 Å². The summed E-state index contributed by atoms with van der Waals surface area (Å²) < 4.78 is -0.750. The van der Waals surface area contributed by atoms with Crippen LogP contribution in [0.2, 0.25) is 0 Å². The third-order valence-corrected chi connectivity index (χ3v) is 7.60. The van der Waals surface area contributed by atoms with Crippen LogP contribution in [0.5, 0.6) is 0 Å². The largest absolute Gasteiger partial charge is 1.00 e. The first-order valence-electron chi connectivity index (χ1n) is 14.3. The van der Waals surface area contributed by atoms with Gasteiger partial charge in [0.05, 0.1) is 0 Å². The van der Waals surface area contributed by atoms with Crippen molar-refractivity contribution in [3.05, 3.63) is 215 Å². The van der Waals surface area contributed by atoms with Gasteiger partial charge in [-0.3, -0.25) is 0 Å². The molecule has 0 radical (unpaired) electrons. The summed E-state index contributed by atoms with van der Waals surface area (Å²) in [6.07, 6.45) is 0. The van der Waals surface area contributed by atoms with Crippen molar-refractivity contribution in [3.63, 3.8) is 0 Å². The van der Waals surface area contributed by atoms with Crippen LogP contribution >= 0.6 is 34.8 Å². The molecule has 0 spiro atoms. The molecule has 46 heavy (non-hydrogen) atoms. The molecule has 0 unspecified atom stereocenters. The molecule has 6 aromatic carbocycles. The van der Waals surface area contributed by atoms with Crippen LogP contribution in [0.25, 0.3) is 0 Å². The first-order chi connectivity index (χ1) is 21.4. The molecule has 0 amide bonds. The zero-order chi connectivity index (χ0) is 31.3. The first kappa shape index (κ1) is 39.7. The van der Waals surface area contributed by atoms with E-state index in [1.807, 2.05) is 36.4 Å². The zero-order valence-electron chi connectivity index (χ0n) is 25.2. The molecule has 6 aromatic rings. The van der Waals surface area contributed by atoms with Gasteiger partial charge in [0.1, 0.15) is 0 Å². The molecule has 0 aliphatic heterocycles. The van der Waals surface area contributed by atoms with Gasteiger partial charge >= 0.3 is 0 Å². The van der Waals surface area contributed by atoms with Crippen LogP contribution in [-0.4, -0.2) is 4.30 Å². The maximum Gasteiger partial charge on any atom is 0.180 e. The predicted molar refractivity (Wildman–Crippen MR) is 186 cm³/mol. The van der Waals surface area contributed by atoms with E-state index in [1.165, 1.54) is 33.4 Å². The summed E-state index contributed by atoms with van der Waals surface area (Å²) in [6.45, 7) is 0. The maximum atomic E-state index is 4.81. The Labute approximate surface area is 322 Å². The van der Waals surface area contributed by atoms with Gasteiger partial charge in [-0.2, -0.15) is 0 Å². The van der Waals surface area contributed by atoms with E-state index in [0.717, 1.165) is 0 Å². The average Bonchev–Trinajstić information content (AvgIpc) is 3.10. The molecule has 2 nitrogen and oxygen atoms in total. The SMILES string of the molecule is ClC(Cl)Cl.[I-].[I-].[NH3+]C(c1ccccc1)(c1ccccc1)c1ccccc1.[NH3+]C(c1ccccc1)(c1ccccc1)c1ccccc1. The fourth-order valence-electron chi connectivity index (χ4n) is 5.34. The van der Waals surface area contributed by atoms with Gasteiger partial charge in [-0.1, -0.05) is 217 Å². The van der Waals surface area contributed by atoms with Crippen LogP contribution in [0.4, 0.5) is 0 Å². The number of quaternary nitrogens is 2. The fraction of sp³-hybridized carbons (Fsp3) is 0.0769. The summed E-state index contributed by atoms with van der Waals surface area (Å²) in [5.41, 5.74) is 15.7.